The van der Waals surface area contributed by atoms with Crippen LogP contribution in [0.3, 0.4) is 0 Å². The van der Waals surface area contributed by atoms with E-state index >= 15 is 0 Å². The normalized spacial score (nSPS) is 15.0. The predicted octanol–water partition coefficient (Wildman–Crippen LogP) is 1.63. The second-order valence-electron chi connectivity index (χ2n) is 5.20. The molecule has 3 rings (SSSR count). The lowest BCUT2D eigenvalue weighted by Crippen LogP contribution is -2.26. The van der Waals surface area contributed by atoms with Crippen LogP contribution in [0, 0.1) is 0 Å². The van der Waals surface area contributed by atoms with Gasteiger partial charge in [0.1, 0.15) is 12.2 Å². The van der Waals surface area contributed by atoms with E-state index in [1.807, 2.05) is 0 Å². The molecule has 1 saturated carbocycles. The number of carboxylic acids is 1. The molecule has 21 heavy (non-hydrogen) atoms. The molecule has 0 unspecified atom stereocenters. The summed E-state index contributed by atoms with van der Waals surface area (Å²) in [6.07, 6.45) is -1.07. The smallest absolute Gasteiger partial charge is 0.323 e. The molecule has 2 aromatic heterocycles. The molecule has 0 radical (unpaired) electrons. The fourth-order valence-corrected chi connectivity index (χ4v) is 2.61. The standard InChI is InChI=1S/C13H13F2N3O3/c1-17-13-10(11(16-17)6-2-3-6)7(12(14)15)4-8(19)18(13)5-9(20)21/h4,6,12H,2-3,5H2,1H3,(H,20,21). The molecule has 1 aliphatic carbocycles. The van der Waals surface area contributed by atoms with Crippen molar-refractivity contribution in [2.24, 2.45) is 7.05 Å². The molecule has 2 heterocycles. The quantitative estimate of drug-likeness (QED) is 0.930. The molecule has 112 valence electrons. The number of nitrogens with zero attached hydrogens (tertiary/aromatic N) is 3. The highest BCUT2D eigenvalue weighted by Gasteiger charge is 2.32. The molecule has 0 aliphatic heterocycles. The van der Waals surface area contributed by atoms with Gasteiger partial charge in [-0.2, -0.15) is 5.10 Å². The minimum atomic E-state index is -2.80. The fourth-order valence-electron chi connectivity index (χ4n) is 2.61. The van der Waals surface area contributed by atoms with Gasteiger partial charge in [0.2, 0.25) is 0 Å². The van der Waals surface area contributed by atoms with Crippen LogP contribution in [-0.4, -0.2) is 25.4 Å². The fraction of sp³-hybridized carbons (Fsp3) is 0.462. The Morgan fingerprint density at radius 2 is 2.19 bits per heavy atom. The number of aromatic nitrogens is 3. The van der Waals surface area contributed by atoms with Gasteiger partial charge in [0.15, 0.2) is 0 Å². The number of carboxylic acid groups (broad SMARTS) is 1. The Labute approximate surface area is 117 Å². The second kappa shape index (κ2) is 4.64. The van der Waals surface area contributed by atoms with E-state index in [0.29, 0.717) is 5.69 Å². The highest BCUT2D eigenvalue weighted by atomic mass is 19.3. The van der Waals surface area contributed by atoms with E-state index in [0.717, 1.165) is 23.5 Å². The van der Waals surface area contributed by atoms with E-state index in [1.54, 1.807) is 0 Å². The number of halogens is 2. The minimum absolute atomic E-state index is 0.113. The third-order valence-corrected chi connectivity index (χ3v) is 3.63. The van der Waals surface area contributed by atoms with E-state index in [9.17, 15) is 18.4 Å². The van der Waals surface area contributed by atoms with Crippen molar-refractivity contribution in [3.8, 4) is 0 Å². The van der Waals surface area contributed by atoms with Crippen molar-refractivity contribution in [3.05, 3.63) is 27.7 Å². The molecule has 2 aromatic rings. The Bertz CT molecular complexity index is 790. The zero-order valence-electron chi connectivity index (χ0n) is 11.2. The number of aryl methyl sites for hydroxylation is 1. The first-order valence-corrected chi connectivity index (χ1v) is 6.50. The zero-order chi connectivity index (χ0) is 15.3. The predicted molar refractivity (Wildman–Crippen MR) is 69.5 cm³/mol. The van der Waals surface area contributed by atoms with Crippen LogP contribution in [0.1, 0.15) is 36.4 Å². The number of rotatable bonds is 4. The first kappa shape index (κ1) is 13.7. The number of aliphatic carboxylic acids is 1. The van der Waals surface area contributed by atoms with Crippen LogP contribution in [0.25, 0.3) is 11.0 Å². The van der Waals surface area contributed by atoms with Gasteiger partial charge < -0.3 is 5.11 Å². The summed E-state index contributed by atoms with van der Waals surface area (Å²) in [6, 6.07) is 0.823. The molecule has 1 N–H and O–H groups in total. The second-order valence-corrected chi connectivity index (χ2v) is 5.20. The average molecular weight is 297 g/mol. The van der Waals surface area contributed by atoms with Gasteiger partial charge >= 0.3 is 5.97 Å². The maximum atomic E-state index is 13.2. The Hall–Kier alpha value is -2.25. The van der Waals surface area contributed by atoms with Gasteiger partial charge in [0.25, 0.3) is 12.0 Å². The monoisotopic (exact) mass is 297 g/mol. The van der Waals surface area contributed by atoms with Gasteiger partial charge in [0, 0.05) is 30.0 Å². The maximum Gasteiger partial charge on any atom is 0.323 e. The van der Waals surface area contributed by atoms with Crippen molar-refractivity contribution < 1.29 is 18.7 Å². The number of alkyl halides is 2. The van der Waals surface area contributed by atoms with Crippen molar-refractivity contribution in [1.29, 1.82) is 0 Å². The van der Waals surface area contributed by atoms with E-state index < -0.39 is 24.5 Å². The Kier molecular flexibility index (Phi) is 3.03. The summed E-state index contributed by atoms with van der Waals surface area (Å²) >= 11 is 0. The van der Waals surface area contributed by atoms with Crippen LogP contribution in [0.15, 0.2) is 10.9 Å². The molecule has 1 aliphatic rings. The zero-order valence-corrected chi connectivity index (χ0v) is 11.2. The van der Waals surface area contributed by atoms with Crippen LogP contribution in [0.4, 0.5) is 8.78 Å². The number of hydrogen-bond acceptors (Lipinski definition) is 3. The van der Waals surface area contributed by atoms with Crippen LogP contribution in [0.2, 0.25) is 0 Å². The first-order valence-electron chi connectivity index (χ1n) is 6.50. The highest BCUT2D eigenvalue weighted by molar-refractivity contribution is 5.85. The molecule has 0 atom stereocenters. The summed E-state index contributed by atoms with van der Waals surface area (Å²) in [5, 5.41) is 13.4. The molecular weight excluding hydrogens is 284 g/mol. The summed E-state index contributed by atoms with van der Waals surface area (Å²) < 4.78 is 28.8. The van der Waals surface area contributed by atoms with Gasteiger partial charge in [-0.05, 0) is 12.8 Å². The topological polar surface area (TPSA) is 77.1 Å². The van der Waals surface area contributed by atoms with Crippen molar-refractivity contribution >= 4 is 17.0 Å². The summed E-state index contributed by atoms with van der Waals surface area (Å²) in [5.41, 5.74) is -0.457. The summed E-state index contributed by atoms with van der Waals surface area (Å²) in [7, 11) is 1.53. The molecule has 0 aromatic carbocycles. The number of fused-ring (bicyclic) bond motifs is 1. The minimum Gasteiger partial charge on any atom is -0.480 e. The van der Waals surface area contributed by atoms with Crippen LogP contribution in [0.5, 0.6) is 0 Å². The van der Waals surface area contributed by atoms with E-state index in [-0.39, 0.29) is 22.5 Å². The van der Waals surface area contributed by atoms with Gasteiger partial charge in [-0.3, -0.25) is 18.8 Å². The Balaban J connectivity index is 2.39. The lowest BCUT2D eigenvalue weighted by atomic mass is 10.1. The van der Waals surface area contributed by atoms with E-state index in [2.05, 4.69) is 5.10 Å². The SMILES string of the molecule is Cn1nc(C2CC2)c2c(C(F)F)cc(=O)n(CC(=O)O)c21. The van der Waals surface area contributed by atoms with Gasteiger partial charge in [-0.1, -0.05) is 0 Å². The van der Waals surface area contributed by atoms with E-state index in [4.69, 9.17) is 5.11 Å². The summed E-state index contributed by atoms with van der Waals surface area (Å²) in [5.74, 6) is -1.10. The molecular formula is C13H13F2N3O3. The van der Waals surface area contributed by atoms with Crippen molar-refractivity contribution in [1.82, 2.24) is 14.3 Å². The van der Waals surface area contributed by atoms with Gasteiger partial charge in [-0.15, -0.1) is 0 Å². The Morgan fingerprint density at radius 1 is 1.52 bits per heavy atom. The van der Waals surface area contributed by atoms with Crippen molar-refractivity contribution in [2.75, 3.05) is 0 Å². The third kappa shape index (κ3) is 2.20. The molecule has 0 bridgehead atoms. The molecule has 0 spiro atoms. The number of pyridine rings is 1. The highest BCUT2D eigenvalue weighted by Crippen LogP contribution is 2.44. The van der Waals surface area contributed by atoms with Gasteiger partial charge in [-0.25, -0.2) is 8.78 Å². The number of carbonyl (C=O) groups is 1. The largest absolute Gasteiger partial charge is 0.480 e. The summed E-state index contributed by atoms with van der Waals surface area (Å²) in [6.45, 7) is -0.581. The van der Waals surface area contributed by atoms with Crippen LogP contribution < -0.4 is 5.56 Å². The molecule has 8 heteroatoms. The maximum absolute atomic E-state index is 13.2. The van der Waals surface area contributed by atoms with Gasteiger partial charge in [0.05, 0.1) is 5.69 Å². The van der Waals surface area contributed by atoms with E-state index in [1.165, 1.54) is 11.7 Å². The molecule has 0 amide bonds. The summed E-state index contributed by atoms with van der Waals surface area (Å²) in [4.78, 5) is 22.9. The molecule has 6 nitrogen and oxygen atoms in total. The molecule has 0 saturated heterocycles. The lowest BCUT2D eigenvalue weighted by molar-refractivity contribution is -0.137. The Morgan fingerprint density at radius 3 is 2.71 bits per heavy atom. The average Bonchev–Trinajstić information content (AvgIpc) is 3.16. The third-order valence-electron chi connectivity index (χ3n) is 3.63. The van der Waals surface area contributed by atoms with Crippen LogP contribution in [-0.2, 0) is 18.4 Å². The number of hydrogen-bond donors (Lipinski definition) is 1. The molecule has 1 fully saturated rings. The van der Waals surface area contributed by atoms with Crippen molar-refractivity contribution in [2.45, 2.75) is 31.7 Å². The van der Waals surface area contributed by atoms with Crippen LogP contribution >= 0.6 is 0 Å². The lowest BCUT2D eigenvalue weighted by Gasteiger charge is -2.09. The van der Waals surface area contributed by atoms with Crippen molar-refractivity contribution in [3.63, 3.8) is 0 Å². The first-order chi connectivity index (χ1) is 9.90.